The molecule has 4 N–H and O–H groups in total. The van der Waals surface area contributed by atoms with Crippen molar-refractivity contribution in [3.05, 3.63) is 83.1 Å². The van der Waals surface area contributed by atoms with Crippen LogP contribution in [0.3, 0.4) is 0 Å². The molecule has 39 heavy (non-hydrogen) atoms. The van der Waals surface area contributed by atoms with Gasteiger partial charge in [0.25, 0.3) is 5.91 Å². The van der Waals surface area contributed by atoms with Gasteiger partial charge in [-0.1, -0.05) is 77.5 Å². The molecular weight excluding hydrogens is 544 g/mol. The van der Waals surface area contributed by atoms with E-state index in [1.54, 1.807) is 0 Å². The number of carbonyl (C=O) groups is 4. The second kappa shape index (κ2) is 11.3. The Bertz CT molecular complexity index is 1380. The topological polar surface area (TPSA) is 174 Å². The quantitative estimate of drug-likeness (QED) is 0.0961. The average Bonchev–Trinajstić information content (AvgIpc) is 3.42. The fraction of sp³-hybridized carbons (Fsp3) is 0.208. The van der Waals surface area contributed by atoms with E-state index in [4.69, 9.17) is 10.5 Å². The zero-order valence-electron chi connectivity index (χ0n) is 20.2. The molecule has 200 valence electrons. The number of nitrogens with one attached hydrogen (secondary N) is 2. The minimum absolute atomic E-state index is 0.0456. The predicted molar refractivity (Wildman–Crippen MR) is 141 cm³/mol. The highest BCUT2D eigenvalue weighted by atomic mass is 32.2. The second-order valence-corrected chi connectivity index (χ2v) is 10.4. The lowest BCUT2D eigenvalue weighted by Gasteiger charge is -2.55. The summed E-state index contributed by atoms with van der Waals surface area (Å²) in [6.07, 6.45) is 0.0468. The molecule has 15 heteroatoms. The van der Waals surface area contributed by atoms with Crippen LogP contribution in [0.5, 0.6) is 0 Å². The number of tetrazole rings is 1. The minimum atomic E-state index is -1.65. The zero-order valence-corrected chi connectivity index (χ0v) is 21.8. The molecule has 3 aromatic rings. The number of benzene rings is 2. The first-order chi connectivity index (χ1) is 19.0. The van der Waals surface area contributed by atoms with Crippen molar-refractivity contribution in [2.24, 2.45) is 5.73 Å². The Morgan fingerprint density at radius 3 is 2.44 bits per heavy atom. The van der Waals surface area contributed by atoms with Crippen molar-refractivity contribution in [1.82, 2.24) is 30.5 Å². The van der Waals surface area contributed by atoms with Gasteiger partial charge in [0.1, 0.15) is 11.1 Å². The first-order valence-corrected chi connectivity index (χ1v) is 13.6. The SMILES string of the molecule is N[C@]1(NC=O)C(=O)N2C(C(=O)OC(c3ccccc3)c3ccccc3)=C(CSc3nnnn3NC=O)CS[C@H]21. The van der Waals surface area contributed by atoms with E-state index in [0.717, 1.165) is 27.7 Å². The van der Waals surface area contributed by atoms with Crippen molar-refractivity contribution >= 4 is 48.2 Å². The maximum Gasteiger partial charge on any atom is 0.356 e. The molecule has 0 spiro atoms. The third-order valence-corrected chi connectivity index (χ3v) is 8.52. The Morgan fingerprint density at radius 1 is 1.15 bits per heavy atom. The summed E-state index contributed by atoms with van der Waals surface area (Å²) in [5, 5.41) is 13.0. The highest BCUT2D eigenvalue weighted by Gasteiger charge is 2.63. The highest BCUT2D eigenvalue weighted by Crippen LogP contribution is 2.45. The number of carbonyl (C=O) groups excluding carboxylic acids is 4. The molecule has 2 atom stereocenters. The number of β-lactam (4-membered cyclic amide) rings is 1. The van der Waals surface area contributed by atoms with Gasteiger partial charge >= 0.3 is 5.97 Å². The normalized spacial score (nSPS) is 20.2. The summed E-state index contributed by atoms with van der Waals surface area (Å²) >= 11 is 2.46. The Kier molecular flexibility index (Phi) is 7.63. The third-order valence-electron chi connectivity index (χ3n) is 6.10. The predicted octanol–water partition coefficient (Wildman–Crippen LogP) is 0.368. The van der Waals surface area contributed by atoms with Gasteiger partial charge in [0.15, 0.2) is 6.10 Å². The molecule has 2 aliphatic heterocycles. The van der Waals surface area contributed by atoms with E-state index in [0.29, 0.717) is 24.1 Å². The van der Waals surface area contributed by atoms with Gasteiger partial charge in [0, 0.05) is 11.5 Å². The average molecular weight is 567 g/mol. The highest BCUT2D eigenvalue weighted by molar-refractivity contribution is 8.01. The summed E-state index contributed by atoms with van der Waals surface area (Å²) in [5.74, 6) is -0.838. The lowest BCUT2D eigenvalue weighted by Crippen LogP contribution is -2.83. The van der Waals surface area contributed by atoms with Gasteiger partial charge in [-0.05, 0) is 27.1 Å². The van der Waals surface area contributed by atoms with E-state index in [9.17, 15) is 19.2 Å². The zero-order chi connectivity index (χ0) is 27.4. The van der Waals surface area contributed by atoms with Gasteiger partial charge < -0.3 is 10.1 Å². The van der Waals surface area contributed by atoms with Gasteiger partial charge in [-0.2, -0.15) is 0 Å². The number of hydrogen-bond acceptors (Lipinski definition) is 11. The second-order valence-electron chi connectivity index (χ2n) is 8.44. The molecule has 0 unspecified atom stereocenters. The number of rotatable bonds is 11. The fourth-order valence-electron chi connectivity index (χ4n) is 4.27. The van der Waals surface area contributed by atoms with Crippen LogP contribution in [0, 0.1) is 0 Å². The minimum Gasteiger partial charge on any atom is -0.448 e. The van der Waals surface area contributed by atoms with E-state index in [2.05, 4.69) is 26.3 Å². The number of nitrogens with two attached hydrogens (primary N) is 1. The Morgan fingerprint density at radius 2 is 1.82 bits per heavy atom. The van der Waals surface area contributed by atoms with E-state index in [-0.39, 0.29) is 16.6 Å². The maximum atomic E-state index is 13.9. The Labute approximate surface area is 230 Å². The molecule has 3 amide bonds. The van der Waals surface area contributed by atoms with Gasteiger partial charge in [0.05, 0.1) is 0 Å². The first kappa shape index (κ1) is 26.4. The molecule has 1 aromatic heterocycles. The number of esters is 1. The summed E-state index contributed by atoms with van der Waals surface area (Å²) in [6.45, 7) is 0. The lowest BCUT2D eigenvalue weighted by atomic mass is 9.96. The number of ether oxygens (including phenoxy) is 1. The van der Waals surface area contributed by atoms with Crippen LogP contribution in [-0.2, 0) is 23.9 Å². The number of hydrogen-bond donors (Lipinski definition) is 3. The van der Waals surface area contributed by atoms with E-state index >= 15 is 0 Å². The van der Waals surface area contributed by atoms with Gasteiger partial charge in [-0.15, -0.1) is 16.6 Å². The van der Waals surface area contributed by atoms with Crippen molar-refractivity contribution in [3.63, 3.8) is 0 Å². The molecule has 2 aliphatic rings. The van der Waals surface area contributed by atoms with Crippen LogP contribution in [0.25, 0.3) is 0 Å². The van der Waals surface area contributed by atoms with Crippen LogP contribution >= 0.6 is 23.5 Å². The maximum absolute atomic E-state index is 13.9. The van der Waals surface area contributed by atoms with Crippen LogP contribution in [-0.4, -0.2) is 72.5 Å². The lowest BCUT2D eigenvalue weighted by molar-refractivity contribution is -0.160. The first-order valence-electron chi connectivity index (χ1n) is 11.6. The van der Waals surface area contributed by atoms with E-state index in [1.165, 1.54) is 16.7 Å². The number of fused-ring (bicyclic) bond motifs is 1. The van der Waals surface area contributed by atoms with E-state index in [1.807, 2.05) is 60.7 Å². The summed E-state index contributed by atoms with van der Waals surface area (Å²) in [6, 6.07) is 18.5. The molecule has 0 saturated carbocycles. The Balaban J connectivity index is 1.49. The summed E-state index contributed by atoms with van der Waals surface area (Å²) < 4.78 is 6.08. The number of aromatic nitrogens is 4. The van der Waals surface area contributed by atoms with E-state index < -0.39 is 29.0 Å². The molecule has 5 rings (SSSR count). The molecule has 2 aromatic carbocycles. The van der Waals surface area contributed by atoms with Crippen LogP contribution in [0.15, 0.2) is 77.1 Å². The summed E-state index contributed by atoms with van der Waals surface area (Å²) in [7, 11) is 0. The summed E-state index contributed by atoms with van der Waals surface area (Å²) in [4.78, 5) is 51.4. The van der Waals surface area contributed by atoms with Crippen molar-refractivity contribution in [3.8, 4) is 0 Å². The van der Waals surface area contributed by atoms with Crippen LogP contribution < -0.4 is 16.5 Å². The number of thioether (sulfide) groups is 2. The molecule has 0 radical (unpaired) electrons. The molecule has 13 nitrogen and oxygen atoms in total. The molecule has 3 heterocycles. The molecular formula is C24H22N8O5S2. The van der Waals surface area contributed by atoms with Crippen LogP contribution in [0.1, 0.15) is 17.2 Å². The van der Waals surface area contributed by atoms with Crippen LogP contribution in [0.2, 0.25) is 0 Å². The smallest absolute Gasteiger partial charge is 0.356 e. The summed E-state index contributed by atoms with van der Waals surface area (Å²) in [5.41, 5.74) is 9.02. The molecule has 1 fully saturated rings. The standard InChI is InChI=1S/C24H22N8O5S2/c25-24(26-13-33)21(36)31-18(17(11-38-22(24)31)12-39-23-28-29-30-32(23)27-14-34)20(35)37-19(15-7-3-1-4-8-15)16-9-5-2-6-10-16/h1-10,13-14,19,22H,11-12,25H2,(H,26,33)(H,27,34)/t22-,24-/m0/s1. The van der Waals surface area contributed by atoms with Gasteiger partial charge in [-0.3, -0.25) is 25.0 Å². The van der Waals surface area contributed by atoms with Crippen molar-refractivity contribution in [2.45, 2.75) is 22.3 Å². The third kappa shape index (κ3) is 4.98. The molecule has 0 aliphatic carbocycles. The van der Waals surface area contributed by atoms with Gasteiger partial charge in [-0.25, -0.2) is 10.2 Å². The van der Waals surface area contributed by atoms with Crippen molar-refractivity contribution in [1.29, 1.82) is 0 Å². The largest absolute Gasteiger partial charge is 0.448 e. The van der Waals surface area contributed by atoms with Crippen molar-refractivity contribution < 1.29 is 23.9 Å². The Hall–Kier alpha value is -4.21. The fourth-order valence-corrected chi connectivity index (χ4v) is 6.63. The monoisotopic (exact) mass is 566 g/mol. The number of amides is 3. The molecule has 1 saturated heterocycles. The van der Waals surface area contributed by atoms with Crippen LogP contribution in [0.4, 0.5) is 0 Å². The number of nitrogens with zero attached hydrogens (tertiary/aromatic N) is 5. The van der Waals surface area contributed by atoms with Gasteiger partial charge in [0.2, 0.25) is 23.6 Å². The molecule has 0 bridgehead atoms. The van der Waals surface area contributed by atoms with Crippen molar-refractivity contribution in [2.75, 3.05) is 16.9 Å².